The normalized spacial score (nSPS) is 10.2. The lowest BCUT2D eigenvalue weighted by Gasteiger charge is -2.13. The zero-order valence-electron chi connectivity index (χ0n) is 17.5. The highest BCUT2D eigenvalue weighted by Gasteiger charge is 2.08. The highest BCUT2D eigenvalue weighted by atomic mass is 16.5. The van der Waals surface area contributed by atoms with E-state index in [0.717, 1.165) is 28.0 Å². The Morgan fingerprint density at radius 2 is 1.47 bits per heavy atom. The van der Waals surface area contributed by atoms with Crippen molar-refractivity contribution in [3.8, 4) is 16.9 Å². The molecule has 4 aromatic rings. The van der Waals surface area contributed by atoms with Gasteiger partial charge in [-0.15, -0.1) is 0 Å². The molecule has 1 heterocycles. The maximum Gasteiger partial charge on any atom is 0.269 e. The fourth-order valence-electron chi connectivity index (χ4n) is 3.19. The monoisotopic (exact) mass is 421 g/mol. The number of rotatable bonds is 8. The third-order valence-electron chi connectivity index (χ3n) is 4.94. The van der Waals surface area contributed by atoms with Gasteiger partial charge in [-0.1, -0.05) is 67.2 Å². The van der Waals surface area contributed by atoms with Gasteiger partial charge in [0.1, 0.15) is 12.4 Å². The van der Waals surface area contributed by atoms with Crippen LogP contribution >= 0.6 is 0 Å². The van der Waals surface area contributed by atoms with E-state index in [1.165, 1.54) is 0 Å². The molecule has 32 heavy (non-hydrogen) atoms. The average molecular weight is 422 g/mol. The molecule has 0 spiro atoms. The molecule has 1 amide bonds. The van der Waals surface area contributed by atoms with Crippen LogP contribution in [0.5, 0.6) is 5.75 Å². The first-order chi connectivity index (χ1) is 15.7. The molecule has 5 heteroatoms. The number of hydrazine groups is 1. The minimum atomic E-state index is -0.248. The van der Waals surface area contributed by atoms with Gasteiger partial charge in [0.2, 0.25) is 0 Å². The van der Waals surface area contributed by atoms with Crippen molar-refractivity contribution in [2.24, 2.45) is 0 Å². The minimum absolute atomic E-state index is 0.248. The van der Waals surface area contributed by atoms with Crippen LogP contribution in [0, 0.1) is 0 Å². The Labute approximate surface area is 187 Å². The smallest absolute Gasteiger partial charge is 0.269 e. The quantitative estimate of drug-likeness (QED) is 0.382. The number of ether oxygens (including phenoxy) is 1. The molecule has 0 atom stereocenters. The summed E-state index contributed by atoms with van der Waals surface area (Å²) < 4.78 is 6.08. The van der Waals surface area contributed by atoms with Crippen LogP contribution in [0.4, 0.5) is 0 Å². The molecule has 2 N–H and O–H groups in total. The van der Waals surface area contributed by atoms with Crippen molar-refractivity contribution in [2.45, 2.75) is 6.61 Å². The summed E-state index contributed by atoms with van der Waals surface area (Å²) in [6.07, 6.45) is 3.34. The lowest BCUT2D eigenvalue weighted by molar-refractivity contribution is 0.0942. The Morgan fingerprint density at radius 3 is 2.22 bits per heavy atom. The van der Waals surface area contributed by atoms with Crippen molar-refractivity contribution in [1.82, 2.24) is 15.8 Å². The second-order valence-corrected chi connectivity index (χ2v) is 7.14. The van der Waals surface area contributed by atoms with E-state index in [0.29, 0.717) is 17.9 Å². The van der Waals surface area contributed by atoms with Gasteiger partial charge in [0, 0.05) is 29.1 Å². The first-order valence-corrected chi connectivity index (χ1v) is 10.2. The zero-order valence-corrected chi connectivity index (χ0v) is 17.5. The Hall–Kier alpha value is -4.38. The summed E-state index contributed by atoms with van der Waals surface area (Å²) in [5, 5.41) is 0. The third-order valence-corrected chi connectivity index (χ3v) is 4.94. The Kier molecular flexibility index (Phi) is 6.58. The van der Waals surface area contributed by atoms with E-state index in [2.05, 4.69) is 34.5 Å². The van der Waals surface area contributed by atoms with E-state index in [-0.39, 0.29) is 5.91 Å². The molecule has 0 aliphatic carbocycles. The summed E-state index contributed by atoms with van der Waals surface area (Å²) in [5.74, 6) is 0.571. The van der Waals surface area contributed by atoms with E-state index >= 15 is 0 Å². The molecule has 0 saturated heterocycles. The number of nitrogens with one attached hydrogen (secondary N) is 2. The highest BCUT2D eigenvalue weighted by Crippen LogP contribution is 2.30. The fraction of sp³-hybridized carbons (Fsp3) is 0.0370. The van der Waals surface area contributed by atoms with Gasteiger partial charge in [-0.05, 0) is 41.5 Å². The molecule has 3 aromatic carbocycles. The number of carbonyl (C=O) groups excluding carboxylic acids is 1. The summed E-state index contributed by atoms with van der Waals surface area (Å²) in [5.41, 5.74) is 10.6. The van der Waals surface area contributed by atoms with Crippen LogP contribution in [0.1, 0.15) is 21.5 Å². The van der Waals surface area contributed by atoms with E-state index in [1.807, 2.05) is 66.7 Å². The molecule has 0 bridgehead atoms. The molecular weight excluding hydrogens is 398 g/mol. The number of amides is 1. The van der Waals surface area contributed by atoms with Gasteiger partial charge >= 0.3 is 0 Å². The lowest BCUT2D eigenvalue weighted by atomic mass is 10.0. The zero-order chi connectivity index (χ0) is 22.2. The van der Waals surface area contributed by atoms with Gasteiger partial charge in [-0.25, -0.2) is 0 Å². The topological polar surface area (TPSA) is 63.2 Å². The van der Waals surface area contributed by atoms with Crippen molar-refractivity contribution < 1.29 is 9.53 Å². The van der Waals surface area contributed by atoms with Crippen LogP contribution in [0.3, 0.4) is 0 Å². The predicted octanol–water partition coefficient (Wildman–Crippen LogP) is 5.23. The second kappa shape index (κ2) is 10.1. The number of pyridine rings is 1. The molecule has 0 aliphatic heterocycles. The van der Waals surface area contributed by atoms with Gasteiger partial charge in [0.05, 0.1) is 5.70 Å². The second-order valence-electron chi connectivity index (χ2n) is 7.14. The maximum absolute atomic E-state index is 12.4. The fourth-order valence-corrected chi connectivity index (χ4v) is 3.19. The molecule has 0 aliphatic rings. The lowest BCUT2D eigenvalue weighted by Crippen LogP contribution is -2.35. The minimum Gasteiger partial charge on any atom is -0.488 e. The first-order valence-electron chi connectivity index (χ1n) is 10.2. The standard InChI is InChI=1S/C27H23N3O2/c1-20(22-15-17-28-18-16-22)29-30-27(31)24-13-11-21(12-14-24)19-32-26-10-6-5-9-25(26)23-7-3-2-4-8-23/h2-18,29H,1,19H2,(H,30,31). The van der Waals surface area contributed by atoms with Crippen LogP contribution in [0.2, 0.25) is 0 Å². The van der Waals surface area contributed by atoms with Crippen LogP contribution in [0.15, 0.2) is 110 Å². The maximum atomic E-state index is 12.4. The van der Waals surface area contributed by atoms with Crippen molar-refractivity contribution in [3.63, 3.8) is 0 Å². The van der Waals surface area contributed by atoms with E-state index in [9.17, 15) is 4.79 Å². The van der Waals surface area contributed by atoms with Crippen molar-refractivity contribution in [3.05, 3.63) is 127 Å². The Balaban J connectivity index is 1.35. The summed E-state index contributed by atoms with van der Waals surface area (Å²) in [6.45, 7) is 4.32. The molecule has 0 saturated carbocycles. The van der Waals surface area contributed by atoms with Gasteiger partial charge in [-0.2, -0.15) is 0 Å². The average Bonchev–Trinajstić information content (AvgIpc) is 2.87. The predicted molar refractivity (Wildman–Crippen MR) is 127 cm³/mol. The number of hydrogen-bond donors (Lipinski definition) is 2. The van der Waals surface area contributed by atoms with Crippen LogP contribution in [-0.2, 0) is 6.61 Å². The molecule has 5 nitrogen and oxygen atoms in total. The number of carbonyl (C=O) groups is 1. The first kappa shape index (κ1) is 20.9. The van der Waals surface area contributed by atoms with E-state index < -0.39 is 0 Å². The van der Waals surface area contributed by atoms with Gasteiger partial charge < -0.3 is 4.74 Å². The van der Waals surface area contributed by atoms with E-state index in [4.69, 9.17) is 4.74 Å². The molecular formula is C27H23N3O2. The summed E-state index contributed by atoms with van der Waals surface area (Å²) in [4.78, 5) is 16.4. The van der Waals surface area contributed by atoms with Crippen molar-refractivity contribution >= 4 is 11.6 Å². The summed E-state index contributed by atoms with van der Waals surface area (Å²) >= 11 is 0. The molecule has 0 radical (unpaired) electrons. The summed E-state index contributed by atoms with van der Waals surface area (Å²) in [7, 11) is 0. The van der Waals surface area contributed by atoms with E-state index in [1.54, 1.807) is 24.5 Å². The molecule has 158 valence electrons. The molecule has 0 unspecified atom stereocenters. The largest absolute Gasteiger partial charge is 0.488 e. The number of para-hydroxylation sites is 1. The third kappa shape index (κ3) is 5.21. The molecule has 1 aromatic heterocycles. The number of aromatic nitrogens is 1. The molecule has 0 fully saturated rings. The van der Waals surface area contributed by atoms with Crippen LogP contribution in [0.25, 0.3) is 16.8 Å². The van der Waals surface area contributed by atoms with Gasteiger partial charge in [0.25, 0.3) is 5.91 Å². The SMILES string of the molecule is C=C(NNC(=O)c1ccc(COc2ccccc2-c2ccccc2)cc1)c1ccncc1. The number of benzene rings is 3. The van der Waals surface area contributed by atoms with Crippen molar-refractivity contribution in [2.75, 3.05) is 0 Å². The molecule has 4 rings (SSSR count). The summed E-state index contributed by atoms with van der Waals surface area (Å²) in [6, 6.07) is 29.1. The Bertz CT molecular complexity index is 1190. The van der Waals surface area contributed by atoms with Gasteiger partial charge in [-0.3, -0.25) is 20.6 Å². The Morgan fingerprint density at radius 1 is 0.781 bits per heavy atom. The van der Waals surface area contributed by atoms with Crippen molar-refractivity contribution in [1.29, 1.82) is 0 Å². The van der Waals surface area contributed by atoms with Crippen LogP contribution in [-0.4, -0.2) is 10.9 Å². The number of hydrogen-bond acceptors (Lipinski definition) is 4. The highest BCUT2D eigenvalue weighted by molar-refractivity contribution is 5.94. The number of nitrogens with zero attached hydrogens (tertiary/aromatic N) is 1. The van der Waals surface area contributed by atoms with Gasteiger partial charge in [0.15, 0.2) is 0 Å². The van der Waals surface area contributed by atoms with Crippen LogP contribution < -0.4 is 15.6 Å².